The molecule has 0 saturated heterocycles. The SMILES string of the molecule is COCCNC(=O)C(C)n1cncc1C(C)(C)N. The van der Waals surface area contributed by atoms with E-state index in [0.717, 1.165) is 5.69 Å². The fourth-order valence-corrected chi connectivity index (χ4v) is 1.66. The highest BCUT2D eigenvalue weighted by Crippen LogP contribution is 2.20. The van der Waals surface area contributed by atoms with Crippen LogP contribution in [0, 0.1) is 0 Å². The predicted octanol–water partition coefficient (Wildman–Crippen LogP) is 0.401. The van der Waals surface area contributed by atoms with E-state index in [-0.39, 0.29) is 11.9 Å². The van der Waals surface area contributed by atoms with Gasteiger partial charge in [0.05, 0.1) is 30.4 Å². The maximum atomic E-state index is 11.9. The lowest BCUT2D eigenvalue weighted by Crippen LogP contribution is -2.37. The van der Waals surface area contributed by atoms with Crippen molar-refractivity contribution in [1.82, 2.24) is 14.9 Å². The number of aromatic nitrogens is 2. The Morgan fingerprint density at radius 2 is 2.33 bits per heavy atom. The summed E-state index contributed by atoms with van der Waals surface area (Å²) in [6.45, 7) is 6.58. The minimum Gasteiger partial charge on any atom is -0.383 e. The van der Waals surface area contributed by atoms with Crippen LogP contribution in [0.2, 0.25) is 0 Å². The van der Waals surface area contributed by atoms with Crippen LogP contribution in [-0.4, -0.2) is 35.7 Å². The molecule has 1 heterocycles. The third-order valence-corrected chi connectivity index (χ3v) is 2.73. The fourth-order valence-electron chi connectivity index (χ4n) is 1.66. The Kier molecular flexibility index (Phi) is 4.86. The summed E-state index contributed by atoms with van der Waals surface area (Å²) in [4.78, 5) is 16.0. The van der Waals surface area contributed by atoms with E-state index in [1.807, 2.05) is 20.8 Å². The van der Waals surface area contributed by atoms with Gasteiger partial charge in [0.2, 0.25) is 5.91 Å². The molecule has 1 aromatic heterocycles. The molecule has 0 aliphatic rings. The highest BCUT2D eigenvalue weighted by molar-refractivity contribution is 5.79. The monoisotopic (exact) mass is 254 g/mol. The maximum Gasteiger partial charge on any atom is 0.242 e. The first-order valence-electron chi connectivity index (χ1n) is 5.95. The van der Waals surface area contributed by atoms with Crippen molar-refractivity contribution in [2.45, 2.75) is 32.4 Å². The van der Waals surface area contributed by atoms with Crippen molar-refractivity contribution in [3.05, 3.63) is 18.2 Å². The molecule has 0 spiro atoms. The van der Waals surface area contributed by atoms with Crippen LogP contribution in [0.3, 0.4) is 0 Å². The third kappa shape index (κ3) is 3.54. The van der Waals surface area contributed by atoms with Gasteiger partial charge in [0.25, 0.3) is 0 Å². The number of methoxy groups -OCH3 is 1. The number of rotatable bonds is 6. The molecule has 1 amide bonds. The van der Waals surface area contributed by atoms with Gasteiger partial charge >= 0.3 is 0 Å². The molecular formula is C12H22N4O2. The number of ether oxygens (including phenoxy) is 1. The van der Waals surface area contributed by atoms with Crippen LogP contribution in [-0.2, 0) is 15.1 Å². The van der Waals surface area contributed by atoms with Crippen LogP contribution in [0.5, 0.6) is 0 Å². The van der Waals surface area contributed by atoms with E-state index in [9.17, 15) is 4.79 Å². The van der Waals surface area contributed by atoms with Gasteiger partial charge in [-0.1, -0.05) is 0 Å². The molecule has 0 aromatic carbocycles. The molecule has 1 unspecified atom stereocenters. The average molecular weight is 254 g/mol. The molecule has 6 nitrogen and oxygen atoms in total. The first-order chi connectivity index (χ1) is 8.38. The highest BCUT2D eigenvalue weighted by atomic mass is 16.5. The second-order valence-corrected chi connectivity index (χ2v) is 4.87. The van der Waals surface area contributed by atoms with Gasteiger partial charge in [0, 0.05) is 13.7 Å². The number of hydrogen-bond acceptors (Lipinski definition) is 4. The van der Waals surface area contributed by atoms with Crippen LogP contribution in [0.25, 0.3) is 0 Å². The number of carbonyl (C=O) groups is 1. The van der Waals surface area contributed by atoms with Gasteiger partial charge in [-0.3, -0.25) is 4.79 Å². The zero-order chi connectivity index (χ0) is 13.8. The Labute approximate surface area is 108 Å². The number of hydrogen-bond donors (Lipinski definition) is 2. The number of amides is 1. The van der Waals surface area contributed by atoms with E-state index in [4.69, 9.17) is 10.5 Å². The largest absolute Gasteiger partial charge is 0.383 e. The quantitative estimate of drug-likeness (QED) is 0.720. The lowest BCUT2D eigenvalue weighted by atomic mass is 10.0. The van der Waals surface area contributed by atoms with Gasteiger partial charge in [-0.2, -0.15) is 0 Å². The summed E-state index contributed by atoms with van der Waals surface area (Å²) in [7, 11) is 1.60. The van der Waals surface area contributed by atoms with E-state index in [1.54, 1.807) is 24.2 Å². The summed E-state index contributed by atoms with van der Waals surface area (Å²) in [6, 6.07) is -0.345. The van der Waals surface area contributed by atoms with Gasteiger partial charge in [0.1, 0.15) is 6.04 Å². The summed E-state index contributed by atoms with van der Waals surface area (Å²) in [5.41, 5.74) is 6.35. The van der Waals surface area contributed by atoms with Crippen LogP contribution in [0.4, 0.5) is 0 Å². The standard InChI is InChI=1S/C12H22N4O2/c1-9(11(17)15-5-6-18-4)16-8-14-7-10(16)12(2,3)13/h7-9H,5-6,13H2,1-4H3,(H,15,17). The Balaban J connectivity index is 2.75. The van der Waals surface area contributed by atoms with Gasteiger partial charge in [-0.05, 0) is 20.8 Å². The van der Waals surface area contributed by atoms with Crippen LogP contribution >= 0.6 is 0 Å². The molecule has 0 aliphatic heterocycles. The first kappa shape index (κ1) is 14.7. The molecule has 0 fully saturated rings. The molecule has 1 rings (SSSR count). The van der Waals surface area contributed by atoms with Crippen LogP contribution in [0.15, 0.2) is 12.5 Å². The summed E-state index contributed by atoms with van der Waals surface area (Å²) in [5, 5.41) is 2.80. The van der Waals surface area contributed by atoms with Gasteiger partial charge in [-0.25, -0.2) is 4.98 Å². The van der Waals surface area contributed by atoms with E-state index < -0.39 is 5.54 Å². The van der Waals surface area contributed by atoms with Crippen molar-refractivity contribution in [3.8, 4) is 0 Å². The molecule has 3 N–H and O–H groups in total. The molecule has 102 valence electrons. The Morgan fingerprint density at radius 1 is 1.67 bits per heavy atom. The summed E-state index contributed by atoms with van der Waals surface area (Å²) in [5.74, 6) is -0.0736. The first-order valence-corrected chi connectivity index (χ1v) is 5.95. The Hall–Kier alpha value is -1.40. The topological polar surface area (TPSA) is 82.2 Å². The molecule has 6 heteroatoms. The number of nitrogens with two attached hydrogens (primary N) is 1. The minimum absolute atomic E-state index is 0.0736. The lowest BCUT2D eigenvalue weighted by Gasteiger charge is -2.24. The smallest absolute Gasteiger partial charge is 0.242 e. The molecule has 0 radical (unpaired) electrons. The third-order valence-electron chi connectivity index (χ3n) is 2.73. The van der Waals surface area contributed by atoms with Crippen molar-refractivity contribution in [1.29, 1.82) is 0 Å². The minimum atomic E-state index is -0.530. The van der Waals surface area contributed by atoms with E-state index in [0.29, 0.717) is 13.2 Å². The van der Waals surface area contributed by atoms with Crippen molar-refractivity contribution in [2.24, 2.45) is 5.73 Å². The fraction of sp³-hybridized carbons (Fsp3) is 0.667. The zero-order valence-corrected chi connectivity index (χ0v) is 11.4. The maximum absolute atomic E-state index is 11.9. The number of nitrogens with one attached hydrogen (secondary N) is 1. The number of carbonyl (C=O) groups excluding carboxylic acids is 1. The molecule has 18 heavy (non-hydrogen) atoms. The Bertz CT molecular complexity index is 395. The zero-order valence-electron chi connectivity index (χ0n) is 11.4. The second-order valence-electron chi connectivity index (χ2n) is 4.87. The predicted molar refractivity (Wildman–Crippen MR) is 69.0 cm³/mol. The highest BCUT2D eigenvalue weighted by Gasteiger charge is 2.24. The van der Waals surface area contributed by atoms with Crippen molar-refractivity contribution < 1.29 is 9.53 Å². The van der Waals surface area contributed by atoms with E-state index in [1.165, 1.54) is 0 Å². The average Bonchev–Trinajstić information content (AvgIpc) is 2.76. The summed E-state index contributed by atoms with van der Waals surface area (Å²) >= 11 is 0. The van der Waals surface area contributed by atoms with Gasteiger partial charge < -0.3 is 20.4 Å². The van der Waals surface area contributed by atoms with Gasteiger partial charge in [0.15, 0.2) is 0 Å². The lowest BCUT2D eigenvalue weighted by molar-refractivity contribution is -0.124. The molecule has 1 aromatic rings. The van der Waals surface area contributed by atoms with E-state index >= 15 is 0 Å². The van der Waals surface area contributed by atoms with E-state index in [2.05, 4.69) is 10.3 Å². The van der Waals surface area contributed by atoms with Gasteiger partial charge in [-0.15, -0.1) is 0 Å². The molecule has 0 bridgehead atoms. The summed E-state index contributed by atoms with van der Waals surface area (Å²) < 4.78 is 6.68. The molecule has 1 atom stereocenters. The Morgan fingerprint density at radius 3 is 2.89 bits per heavy atom. The molecule has 0 saturated carbocycles. The molecule has 0 aliphatic carbocycles. The van der Waals surface area contributed by atoms with Crippen molar-refractivity contribution in [2.75, 3.05) is 20.3 Å². The van der Waals surface area contributed by atoms with Crippen molar-refractivity contribution in [3.63, 3.8) is 0 Å². The summed E-state index contributed by atoms with van der Waals surface area (Å²) in [6.07, 6.45) is 3.32. The molecular weight excluding hydrogens is 232 g/mol. The number of nitrogens with zero attached hydrogens (tertiary/aromatic N) is 2. The normalized spacial score (nSPS) is 13.4. The van der Waals surface area contributed by atoms with Crippen molar-refractivity contribution >= 4 is 5.91 Å². The number of imidazole rings is 1. The van der Waals surface area contributed by atoms with Crippen LogP contribution in [0.1, 0.15) is 32.5 Å². The van der Waals surface area contributed by atoms with Crippen LogP contribution < -0.4 is 11.1 Å². The second kappa shape index (κ2) is 5.97.